The summed E-state index contributed by atoms with van der Waals surface area (Å²) in [4.78, 5) is 47.0. The van der Waals surface area contributed by atoms with Crippen molar-refractivity contribution in [2.75, 3.05) is 18.4 Å². The molecule has 2 fully saturated rings. The van der Waals surface area contributed by atoms with Crippen molar-refractivity contribution in [3.8, 4) is 11.5 Å². The third-order valence-electron chi connectivity index (χ3n) is 7.82. The van der Waals surface area contributed by atoms with Gasteiger partial charge < -0.3 is 19.7 Å². The zero-order valence-corrected chi connectivity index (χ0v) is 22.1. The van der Waals surface area contributed by atoms with Crippen molar-refractivity contribution in [1.29, 1.82) is 0 Å². The Morgan fingerprint density at radius 3 is 2.17 bits per heavy atom. The monoisotopic (exact) mass is 570 g/mol. The van der Waals surface area contributed by atoms with Crippen LogP contribution in [0.15, 0.2) is 53.1 Å². The average Bonchev–Trinajstić information content (AvgIpc) is 3.45. The number of hydrogen-bond acceptors (Lipinski definition) is 6. The van der Waals surface area contributed by atoms with Gasteiger partial charge in [0.1, 0.15) is 0 Å². The van der Waals surface area contributed by atoms with E-state index >= 15 is 0 Å². The highest BCUT2D eigenvalue weighted by Gasteiger charge is 2.42. The molecule has 1 saturated heterocycles. The first kappa shape index (κ1) is 28.3. The molecule has 0 spiro atoms. The highest BCUT2D eigenvalue weighted by atomic mass is 19.4. The van der Waals surface area contributed by atoms with Crippen molar-refractivity contribution in [2.24, 2.45) is 11.8 Å². The normalized spacial score (nSPS) is 20.0. The van der Waals surface area contributed by atoms with E-state index in [2.05, 4.69) is 15.3 Å². The first-order valence-corrected chi connectivity index (χ1v) is 13.5. The Balaban J connectivity index is 1.18. The number of aromatic nitrogens is 2. The van der Waals surface area contributed by atoms with Gasteiger partial charge in [-0.15, -0.1) is 0 Å². The third-order valence-corrected chi connectivity index (χ3v) is 7.82. The van der Waals surface area contributed by atoms with E-state index < -0.39 is 29.5 Å². The summed E-state index contributed by atoms with van der Waals surface area (Å²) in [6, 6.07) is 11.3. The number of hydrogen-bond donors (Lipinski definition) is 2. The number of carbonyl (C=O) groups excluding carboxylic acids is 2. The Morgan fingerprint density at radius 1 is 0.927 bits per heavy atom. The fourth-order valence-electron chi connectivity index (χ4n) is 5.52. The molecule has 12 heteroatoms. The molecule has 9 nitrogen and oxygen atoms in total. The number of nitrogens with one attached hydrogen (secondary N) is 1. The number of halogens is 3. The van der Waals surface area contributed by atoms with Gasteiger partial charge in [-0.2, -0.15) is 13.2 Å². The molecule has 3 aromatic rings. The van der Waals surface area contributed by atoms with Crippen LogP contribution in [0.5, 0.6) is 0 Å². The molecule has 5 rings (SSSR count). The number of piperidine rings is 1. The zero-order valence-electron chi connectivity index (χ0n) is 22.1. The number of alkyl halides is 3. The fourth-order valence-corrected chi connectivity index (χ4v) is 5.52. The van der Waals surface area contributed by atoms with E-state index in [1.54, 1.807) is 30.3 Å². The Bertz CT molecular complexity index is 1390. The second kappa shape index (κ2) is 11.7. The van der Waals surface area contributed by atoms with Crippen LogP contribution in [0.3, 0.4) is 0 Å². The first-order valence-electron chi connectivity index (χ1n) is 13.5. The lowest BCUT2D eigenvalue weighted by Crippen LogP contribution is -2.42. The lowest BCUT2D eigenvalue weighted by atomic mass is 9.81. The van der Waals surface area contributed by atoms with Gasteiger partial charge in [-0.25, -0.2) is 4.98 Å². The molecule has 0 radical (unpaired) electrons. The van der Waals surface area contributed by atoms with Crippen molar-refractivity contribution >= 4 is 23.5 Å². The van der Waals surface area contributed by atoms with Gasteiger partial charge in [0, 0.05) is 36.2 Å². The number of amides is 2. The highest BCUT2D eigenvalue weighted by molar-refractivity contribution is 6.03. The summed E-state index contributed by atoms with van der Waals surface area (Å²) in [5, 5.41) is 11.6. The van der Waals surface area contributed by atoms with Crippen molar-refractivity contribution in [3.63, 3.8) is 0 Å². The van der Waals surface area contributed by atoms with Gasteiger partial charge in [-0.3, -0.25) is 19.4 Å². The Labute approximate surface area is 233 Å². The minimum absolute atomic E-state index is 0.0832. The number of benzene rings is 1. The van der Waals surface area contributed by atoms with Crippen LogP contribution in [-0.2, 0) is 15.8 Å². The van der Waals surface area contributed by atoms with Gasteiger partial charge in [0.05, 0.1) is 17.8 Å². The van der Waals surface area contributed by atoms with Gasteiger partial charge in [-0.05, 0) is 62.8 Å². The summed E-state index contributed by atoms with van der Waals surface area (Å²) in [6.07, 6.45) is 0.110. The predicted molar refractivity (Wildman–Crippen MR) is 141 cm³/mol. The number of carboxylic acid groups (broad SMARTS) is 1. The van der Waals surface area contributed by atoms with E-state index in [9.17, 15) is 32.7 Å². The second-order valence-electron chi connectivity index (χ2n) is 10.5. The summed E-state index contributed by atoms with van der Waals surface area (Å²) in [7, 11) is 0. The Morgan fingerprint density at radius 2 is 1.59 bits per heavy atom. The third kappa shape index (κ3) is 6.41. The molecule has 216 valence electrons. The van der Waals surface area contributed by atoms with Crippen LogP contribution < -0.4 is 5.32 Å². The maximum atomic E-state index is 13.6. The number of aliphatic carboxylic acids is 1. The molecule has 1 aliphatic carbocycles. The number of rotatable bonds is 6. The molecule has 2 N–H and O–H groups in total. The van der Waals surface area contributed by atoms with Gasteiger partial charge in [0.15, 0.2) is 5.69 Å². The molecule has 1 saturated carbocycles. The van der Waals surface area contributed by atoms with Crippen LogP contribution in [0, 0.1) is 11.8 Å². The SMILES string of the molecule is O=C(Nc1ccc(C2CCN(C(=O)[C@H]3CC[C@H](C(=O)O)CC3)CC2)nc1)c1nc(-c2ccccc2)oc1C(F)(F)F. The lowest BCUT2D eigenvalue weighted by molar-refractivity contribution is -0.153. The maximum Gasteiger partial charge on any atom is 0.452 e. The van der Waals surface area contributed by atoms with E-state index in [1.807, 2.05) is 4.90 Å². The molecule has 2 aromatic heterocycles. The number of likely N-dealkylation sites (tertiary alicyclic amines) is 1. The van der Waals surface area contributed by atoms with Crippen molar-refractivity contribution in [2.45, 2.75) is 50.6 Å². The molecule has 1 aliphatic heterocycles. The number of anilines is 1. The molecule has 0 bridgehead atoms. The van der Waals surface area contributed by atoms with Crippen LogP contribution in [0.2, 0.25) is 0 Å². The smallest absolute Gasteiger partial charge is 0.452 e. The minimum Gasteiger partial charge on any atom is -0.481 e. The number of oxazole rings is 1. The topological polar surface area (TPSA) is 126 Å². The summed E-state index contributed by atoms with van der Waals surface area (Å²) >= 11 is 0. The molecule has 41 heavy (non-hydrogen) atoms. The molecule has 0 unspecified atom stereocenters. The lowest BCUT2D eigenvalue weighted by Gasteiger charge is -2.35. The van der Waals surface area contributed by atoms with Gasteiger partial charge in [0.2, 0.25) is 17.6 Å². The summed E-state index contributed by atoms with van der Waals surface area (Å²) in [5.74, 6) is -3.97. The van der Waals surface area contributed by atoms with E-state index in [0.717, 1.165) is 5.69 Å². The number of carboxylic acids is 1. The van der Waals surface area contributed by atoms with Crippen LogP contribution in [0.1, 0.15) is 66.4 Å². The largest absolute Gasteiger partial charge is 0.481 e. The molecule has 1 aromatic carbocycles. The van der Waals surface area contributed by atoms with Gasteiger partial charge >= 0.3 is 12.1 Å². The molecule has 3 heterocycles. The predicted octanol–water partition coefficient (Wildman–Crippen LogP) is 5.60. The molecule has 2 amide bonds. The molecule has 0 atom stereocenters. The quantitative estimate of drug-likeness (QED) is 0.395. The van der Waals surface area contributed by atoms with Gasteiger partial charge in [-0.1, -0.05) is 18.2 Å². The minimum atomic E-state index is -4.91. The van der Waals surface area contributed by atoms with Crippen LogP contribution in [0.4, 0.5) is 18.9 Å². The highest BCUT2D eigenvalue weighted by Crippen LogP contribution is 2.36. The summed E-state index contributed by atoms with van der Waals surface area (Å²) < 4.78 is 45.7. The van der Waals surface area contributed by atoms with Crippen molar-refractivity contribution < 1.29 is 37.1 Å². The molecular weight excluding hydrogens is 541 g/mol. The van der Waals surface area contributed by atoms with Crippen molar-refractivity contribution in [1.82, 2.24) is 14.9 Å². The zero-order chi connectivity index (χ0) is 29.1. The molecular formula is C29H29F3N4O5. The molecule has 2 aliphatic rings. The van der Waals surface area contributed by atoms with E-state index in [0.29, 0.717) is 57.2 Å². The Kier molecular flexibility index (Phi) is 8.09. The van der Waals surface area contributed by atoms with Crippen LogP contribution in [-0.4, -0.2) is 50.8 Å². The number of nitrogens with zero attached hydrogens (tertiary/aromatic N) is 3. The second-order valence-corrected chi connectivity index (χ2v) is 10.5. The Hall–Kier alpha value is -4.22. The summed E-state index contributed by atoms with van der Waals surface area (Å²) in [6.45, 7) is 1.14. The standard InChI is InChI=1S/C29H29F3N4O5/c30-29(31,32)24-23(35-26(41-24)18-4-2-1-3-5-18)25(37)34-21-10-11-22(33-16-21)17-12-14-36(15-13-17)27(38)19-6-8-20(9-7-19)28(39)40/h1-5,10-11,16-17,19-20H,6-9,12-15H2,(H,34,37)(H,39,40)/t19-,20-. The average molecular weight is 571 g/mol. The first-order chi connectivity index (χ1) is 19.6. The van der Waals surface area contributed by atoms with E-state index in [1.165, 1.54) is 18.3 Å². The van der Waals surface area contributed by atoms with Crippen LogP contribution >= 0.6 is 0 Å². The number of carbonyl (C=O) groups is 3. The van der Waals surface area contributed by atoms with Gasteiger partial charge in [0.25, 0.3) is 5.91 Å². The number of pyridine rings is 1. The maximum absolute atomic E-state index is 13.6. The summed E-state index contributed by atoms with van der Waals surface area (Å²) in [5.41, 5.74) is 0.414. The fraction of sp³-hybridized carbons (Fsp3) is 0.414. The van der Waals surface area contributed by atoms with E-state index in [-0.39, 0.29) is 35.2 Å². The van der Waals surface area contributed by atoms with Crippen LogP contribution in [0.25, 0.3) is 11.5 Å². The van der Waals surface area contributed by atoms with E-state index in [4.69, 9.17) is 4.42 Å². The van der Waals surface area contributed by atoms with Crippen molar-refractivity contribution in [3.05, 3.63) is 65.8 Å².